The van der Waals surface area contributed by atoms with E-state index in [-0.39, 0.29) is 5.97 Å². The molecule has 1 fully saturated rings. The Hall–Kier alpha value is -1.95. The molecule has 1 unspecified atom stereocenters. The van der Waals surface area contributed by atoms with Crippen LogP contribution < -0.4 is 5.32 Å². The molecule has 1 atom stereocenters. The summed E-state index contributed by atoms with van der Waals surface area (Å²) in [5.41, 5.74) is 2.79. The Kier molecular flexibility index (Phi) is 3.40. The number of methoxy groups -OCH3 is 1. The van der Waals surface area contributed by atoms with Crippen LogP contribution in [-0.4, -0.2) is 40.8 Å². The van der Waals surface area contributed by atoms with Crippen molar-refractivity contribution in [3.8, 4) is 0 Å². The molecule has 1 saturated heterocycles. The van der Waals surface area contributed by atoms with Crippen LogP contribution in [0.3, 0.4) is 0 Å². The molecule has 1 aliphatic rings. The first-order valence-electron chi connectivity index (χ1n) is 6.85. The van der Waals surface area contributed by atoms with E-state index in [9.17, 15) is 4.79 Å². The van der Waals surface area contributed by atoms with Gasteiger partial charge in [-0.15, -0.1) is 0 Å². The molecule has 3 rings (SSSR count). The molecule has 1 aliphatic heterocycles. The fourth-order valence-electron chi connectivity index (χ4n) is 2.82. The van der Waals surface area contributed by atoms with Gasteiger partial charge in [0.1, 0.15) is 5.56 Å². The van der Waals surface area contributed by atoms with E-state index in [1.54, 1.807) is 10.7 Å². The van der Waals surface area contributed by atoms with Crippen LogP contribution in [0.5, 0.6) is 0 Å². The molecule has 3 heterocycles. The number of piperidine rings is 1. The number of aryl methyl sites for hydroxylation is 1. The molecule has 0 radical (unpaired) electrons. The van der Waals surface area contributed by atoms with Gasteiger partial charge in [0.2, 0.25) is 0 Å². The van der Waals surface area contributed by atoms with Gasteiger partial charge in [-0.3, -0.25) is 0 Å². The number of nitrogens with zero attached hydrogens (tertiary/aromatic N) is 3. The van der Waals surface area contributed by atoms with Crippen molar-refractivity contribution in [2.24, 2.45) is 0 Å². The molecule has 0 aromatic carbocycles. The highest BCUT2D eigenvalue weighted by Gasteiger charge is 2.23. The Bertz CT molecular complexity index is 644. The van der Waals surface area contributed by atoms with E-state index in [0.717, 1.165) is 31.6 Å². The van der Waals surface area contributed by atoms with Gasteiger partial charge in [0.05, 0.1) is 18.5 Å². The maximum absolute atomic E-state index is 11.9. The summed E-state index contributed by atoms with van der Waals surface area (Å²) in [6.07, 6.45) is 4.02. The van der Waals surface area contributed by atoms with Crippen LogP contribution in [0.1, 0.15) is 40.5 Å². The highest BCUT2D eigenvalue weighted by atomic mass is 16.5. The summed E-state index contributed by atoms with van der Waals surface area (Å²) in [5, 5.41) is 7.88. The van der Waals surface area contributed by atoms with E-state index < -0.39 is 0 Å². The van der Waals surface area contributed by atoms with Gasteiger partial charge in [-0.25, -0.2) is 14.3 Å². The van der Waals surface area contributed by atoms with Crippen LogP contribution in [0.25, 0.3) is 5.65 Å². The molecule has 0 saturated carbocycles. The number of carbonyl (C=O) groups excluding carboxylic acids is 1. The summed E-state index contributed by atoms with van der Waals surface area (Å²) in [5.74, 6) is 0.0166. The maximum Gasteiger partial charge on any atom is 0.343 e. The molecule has 1 N–H and O–H groups in total. The predicted octanol–water partition coefficient (Wildman–Crippen LogP) is 1.29. The lowest BCUT2D eigenvalue weighted by Gasteiger charge is -2.23. The predicted molar refractivity (Wildman–Crippen MR) is 73.9 cm³/mol. The van der Waals surface area contributed by atoms with Gasteiger partial charge >= 0.3 is 5.97 Å². The third kappa shape index (κ3) is 2.06. The van der Waals surface area contributed by atoms with Gasteiger partial charge in [0.15, 0.2) is 5.65 Å². The highest BCUT2D eigenvalue weighted by Crippen LogP contribution is 2.25. The lowest BCUT2D eigenvalue weighted by molar-refractivity contribution is 0.0602. The lowest BCUT2D eigenvalue weighted by atomic mass is 9.96. The van der Waals surface area contributed by atoms with Crippen molar-refractivity contribution < 1.29 is 9.53 Å². The number of carbonyl (C=O) groups is 1. The van der Waals surface area contributed by atoms with Crippen molar-refractivity contribution in [2.45, 2.75) is 25.7 Å². The highest BCUT2D eigenvalue weighted by molar-refractivity contribution is 5.97. The van der Waals surface area contributed by atoms with Crippen LogP contribution in [0, 0.1) is 6.92 Å². The van der Waals surface area contributed by atoms with Crippen molar-refractivity contribution in [3.05, 3.63) is 29.2 Å². The van der Waals surface area contributed by atoms with Crippen LogP contribution in [0.15, 0.2) is 12.3 Å². The van der Waals surface area contributed by atoms with E-state index in [4.69, 9.17) is 4.74 Å². The Labute approximate surface area is 117 Å². The minimum absolute atomic E-state index is 0.385. The largest absolute Gasteiger partial charge is 0.465 e. The maximum atomic E-state index is 11.9. The Morgan fingerprint density at radius 1 is 1.55 bits per heavy atom. The van der Waals surface area contributed by atoms with Crippen molar-refractivity contribution in [3.63, 3.8) is 0 Å². The van der Waals surface area contributed by atoms with Gasteiger partial charge in [-0.2, -0.15) is 5.10 Å². The SMILES string of the molecule is COC(=O)c1c(C)nn2c(C3CCCNC3)ccnc12. The van der Waals surface area contributed by atoms with E-state index in [0.29, 0.717) is 22.8 Å². The van der Waals surface area contributed by atoms with E-state index in [1.807, 2.05) is 13.0 Å². The topological polar surface area (TPSA) is 68.5 Å². The second kappa shape index (κ2) is 5.20. The summed E-state index contributed by atoms with van der Waals surface area (Å²) in [6, 6.07) is 1.98. The number of fused-ring (bicyclic) bond motifs is 1. The Morgan fingerprint density at radius 2 is 2.40 bits per heavy atom. The first-order valence-corrected chi connectivity index (χ1v) is 6.85. The first-order chi connectivity index (χ1) is 9.72. The zero-order valence-corrected chi connectivity index (χ0v) is 11.7. The fourth-order valence-corrected chi connectivity index (χ4v) is 2.82. The van der Waals surface area contributed by atoms with Gasteiger partial charge in [-0.1, -0.05) is 0 Å². The number of ether oxygens (including phenoxy) is 1. The Balaban J connectivity index is 2.13. The molecular formula is C14H18N4O2. The molecule has 6 nitrogen and oxygen atoms in total. The first kappa shape index (κ1) is 13.1. The molecule has 0 spiro atoms. The summed E-state index contributed by atoms with van der Waals surface area (Å²) in [7, 11) is 1.38. The Morgan fingerprint density at radius 3 is 3.10 bits per heavy atom. The number of rotatable bonds is 2. The number of esters is 1. The zero-order chi connectivity index (χ0) is 14.1. The molecule has 20 heavy (non-hydrogen) atoms. The molecular weight excluding hydrogens is 256 g/mol. The van der Waals surface area contributed by atoms with E-state index in [2.05, 4.69) is 15.4 Å². The van der Waals surface area contributed by atoms with Crippen molar-refractivity contribution in [2.75, 3.05) is 20.2 Å². The van der Waals surface area contributed by atoms with E-state index >= 15 is 0 Å². The zero-order valence-electron chi connectivity index (χ0n) is 11.7. The summed E-state index contributed by atoms with van der Waals surface area (Å²) in [4.78, 5) is 16.2. The third-order valence-electron chi connectivity index (χ3n) is 3.83. The molecule has 2 aromatic heterocycles. The van der Waals surface area contributed by atoms with Crippen molar-refractivity contribution >= 4 is 11.6 Å². The normalized spacial score (nSPS) is 19.2. The van der Waals surface area contributed by atoms with Gasteiger partial charge < -0.3 is 10.1 Å². The van der Waals surface area contributed by atoms with E-state index in [1.165, 1.54) is 7.11 Å². The fraction of sp³-hybridized carbons (Fsp3) is 0.500. The van der Waals surface area contributed by atoms with Crippen LogP contribution in [0.2, 0.25) is 0 Å². The smallest absolute Gasteiger partial charge is 0.343 e. The standard InChI is InChI=1S/C14H18N4O2/c1-9-12(14(19)20-2)13-16-7-5-11(18(13)17-9)10-4-3-6-15-8-10/h5,7,10,15H,3-4,6,8H2,1-2H3. The van der Waals surface area contributed by atoms with Crippen molar-refractivity contribution in [1.29, 1.82) is 0 Å². The minimum Gasteiger partial charge on any atom is -0.465 e. The van der Waals surface area contributed by atoms with Gasteiger partial charge in [0.25, 0.3) is 0 Å². The van der Waals surface area contributed by atoms with Gasteiger partial charge in [-0.05, 0) is 32.4 Å². The molecule has 106 valence electrons. The molecule has 0 amide bonds. The lowest BCUT2D eigenvalue weighted by Crippen LogP contribution is -2.29. The number of nitrogens with one attached hydrogen (secondary N) is 1. The third-order valence-corrected chi connectivity index (χ3v) is 3.83. The second-order valence-corrected chi connectivity index (χ2v) is 5.10. The molecule has 0 bridgehead atoms. The van der Waals surface area contributed by atoms with Crippen LogP contribution in [0.4, 0.5) is 0 Å². The monoisotopic (exact) mass is 274 g/mol. The summed E-state index contributed by atoms with van der Waals surface area (Å²) in [6.45, 7) is 3.81. The van der Waals surface area contributed by atoms with Crippen LogP contribution in [-0.2, 0) is 4.74 Å². The van der Waals surface area contributed by atoms with Crippen LogP contribution >= 0.6 is 0 Å². The summed E-state index contributed by atoms with van der Waals surface area (Å²) < 4.78 is 6.62. The molecule has 6 heteroatoms. The molecule has 2 aromatic rings. The second-order valence-electron chi connectivity index (χ2n) is 5.10. The average molecular weight is 274 g/mol. The summed E-state index contributed by atoms with van der Waals surface area (Å²) >= 11 is 0. The molecule has 0 aliphatic carbocycles. The minimum atomic E-state index is -0.385. The van der Waals surface area contributed by atoms with Gasteiger partial charge in [0, 0.05) is 18.7 Å². The number of hydrogen-bond donors (Lipinski definition) is 1. The average Bonchev–Trinajstić information content (AvgIpc) is 2.83. The quantitative estimate of drug-likeness (QED) is 0.836. The number of aromatic nitrogens is 3. The van der Waals surface area contributed by atoms with Crippen molar-refractivity contribution in [1.82, 2.24) is 19.9 Å². The number of hydrogen-bond acceptors (Lipinski definition) is 5.